The van der Waals surface area contributed by atoms with Crippen molar-refractivity contribution in [3.8, 4) is 11.4 Å². The second kappa shape index (κ2) is 8.86. The minimum absolute atomic E-state index is 0.176. The molecule has 7 nitrogen and oxygen atoms in total. The fourth-order valence-electron chi connectivity index (χ4n) is 4.74. The number of halogens is 1. The summed E-state index contributed by atoms with van der Waals surface area (Å²) in [5.74, 6) is 0.712. The maximum atomic E-state index is 13.4. The second-order valence-electron chi connectivity index (χ2n) is 8.82. The third kappa shape index (κ3) is 4.18. The third-order valence-electron chi connectivity index (χ3n) is 6.69. The molecule has 170 valence electrons. The first kappa shape index (κ1) is 21.5. The van der Waals surface area contributed by atoms with Crippen LogP contribution in [0.15, 0.2) is 48.8 Å². The van der Waals surface area contributed by atoms with Crippen LogP contribution < -0.4 is 4.90 Å². The van der Waals surface area contributed by atoms with Crippen LogP contribution in [0, 0.1) is 12.7 Å². The van der Waals surface area contributed by atoms with Crippen LogP contribution in [-0.4, -0.2) is 56.0 Å². The molecule has 4 heterocycles. The molecule has 0 aliphatic carbocycles. The summed E-state index contributed by atoms with van der Waals surface area (Å²) >= 11 is 0. The van der Waals surface area contributed by atoms with Gasteiger partial charge in [-0.25, -0.2) is 4.39 Å². The zero-order chi connectivity index (χ0) is 22.9. The molecule has 1 fully saturated rings. The van der Waals surface area contributed by atoms with Gasteiger partial charge in [0.2, 0.25) is 0 Å². The van der Waals surface area contributed by atoms with Crippen molar-refractivity contribution >= 4 is 16.7 Å². The number of piperidine rings is 1. The first-order valence-corrected chi connectivity index (χ1v) is 11.3. The highest BCUT2D eigenvalue weighted by Gasteiger charge is 2.26. The highest BCUT2D eigenvalue weighted by molar-refractivity contribution is 5.96. The van der Waals surface area contributed by atoms with Crippen LogP contribution in [0.5, 0.6) is 0 Å². The van der Waals surface area contributed by atoms with Gasteiger partial charge in [-0.05, 0) is 68.3 Å². The van der Waals surface area contributed by atoms with E-state index in [2.05, 4.69) is 43.2 Å². The lowest BCUT2D eigenvalue weighted by Crippen LogP contribution is -2.43. The topological polar surface area (TPSA) is 63.0 Å². The largest absolute Gasteiger partial charge is 0.354 e. The monoisotopic (exact) mass is 445 g/mol. The van der Waals surface area contributed by atoms with Crippen molar-refractivity contribution in [2.45, 2.75) is 32.4 Å². The standard InChI is InChI=1S/C25H28FN7/c1-17-15-19(26)7-6-18(17)16-31(2)20-9-13-33(14-10-20)25-21-5-4-11-27-23(21)24(29-30-25)22-8-12-28-32(22)3/h4-8,11-12,15,20H,9-10,13-14,16H2,1-3H3. The summed E-state index contributed by atoms with van der Waals surface area (Å²) in [5, 5.41) is 14.5. The minimum atomic E-state index is -0.176. The lowest BCUT2D eigenvalue weighted by Gasteiger charge is -2.37. The van der Waals surface area contributed by atoms with E-state index in [1.165, 1.54) is 5.56 Å². The zero-order valence-corrected chi connectivity index (χ0v) is 19.2. The SMILES string of the molecule is Cc1cc(F)ccc1CN(C)C1CCN(c2nnc(-c3ccnn3C)c3ncccc23)CC1. The van der Waals surface area contributed by atoms with Crippen LogP contribution in [-0.2, 0) is 13.6 Å². The molecule has 0 bridgehead atoms. The highest BCUT2D eigenvalue weighted by Crippen LogP contribution is 2.31. The molecule has 1 aliphatic heterocycles. The van der Waals surface area contributed by atoms with Crippen LogP contribution in [0.2, 0.25) is 0 Å². The van der Waals surface area contributed by atoms with Crippen LogP contribution in [0.1, 0.15) is 24.0 Å². The van der Waals surface area contributed by atoms with E-state index in [1.54, 1.807) is 29.2 Å². The Morgan fingerprint density at radius 2 is 1.91 bits per heavy atom. The second-order valence-corrected chi connectivity index (χ2v) is 8.82. The summed E-state index contributed by atoms with van der Waals surface area (Å²) < 4.78 is 15.2. The summed E-state index contributed by atoms with van der Waals surface area (Å²) in [4.78, 5) is 9.33. The maximum absolute atomic E-state index is 13.4. The van der Waals surface area contributed by atoms with Gasteiger partial charge in [-0.1, -0.05) is 6.07 Å². The number of anilines is 1. The van der Waals surface area contributed by atoms with E-state index < -0.39 is 0 Å². The number of rotatable bonds is 5. The van der Waals surface area contributed by atoms with Crippen molar-refractivity contribution in [2.75, 3.05) is 25.0 Å². The Kier molecular flexibility index (Phi) is 5.76. The normalized spacial score (nSPS) is 15.0. The number of aromatic nitrogens is 5. The molecule has 0 saturated carbocycles. The predicted octanol–water partition coefficient (Wildman–Crippen LogP) is 3.97. The van der Waals surface area contributed by atoms with Crippen molar-refractivity contribution in [2.24, 2.45) is 7.05 Å². The van der Waals surface area contributed by atoms with E-state index in [0.717, 1.165) is 66.1 Å². The molecule has 8 heteroatoms. The fraction of sp³-hybridized carbons (Fsp3) is 0.360. The Hall–Kier alpha value is -3.39. The number of fused-ring (bicyclic) bond motifs is 1. The summed E-state index contributed by atoms with van der Waals surface area (Å²) in [6.45, 7) is 4.60. The molecular weight excluding hydrogens is 417 g/mol. The number of benzene rings is 1. The summed E-state index contributed by atoms with van der Waals surface area (Å²) in [6, 6.07) is 11.5. The molecule has 3 aromatic heterocycles. The minimum Gasteiger partial charge on any atom is -0.354 e. The first-order chi connectivity index (χ1) is 16.0. The van der Waals surface area contributed by atoms with Gasteiger partial charge in [-0.2, -0.15) is 5.10 Å². The predicted molar refractivity (Wildman–Crippen MR) is 127 cm³/mol. The number of hydrogen-bond donors (Lipinski definition) is 0. The quantitative estimate of drug-likeness (QED) is 0.463. The molecule has 0 amide bonds. The summed E-state index contributed by atoms with van der Waals surface area (Å²) in [5.41, 5.74) is 4.67. The molecule has 1 aliphatic rings. The average molecular weight is 446 g/mol. The number of hydrogen-bond acceptors (Lipinski definition) is 6. The van der Waals surface area contributed by atoms with Gasteiger partial charge < -0.3 is 4.90 Å². The number of pyridine rings is 1. The van der Waals surface area contributed by atoms with Crippen molar-refractivity contribution in [1.82, 2.24) is 29.9 Å². The molecule has 0 unspecified atom stereocenters. The van der Waals surface area contributed by atoms with Crippen molar-refractivity contribution in [1.29, 1.82) is 0 Å². The molecule has 4 aromatic rings. The van der Waals surface area contributed by atoms with Gasteiger partial charge in [0.1, 0.15) is 17.0 Å². The molecule has 0 radical (unpaired) electrons. The van der Waals surface area contributed by atoms with E-state index in [0.29, 0.717) is 6.04 Å². The molecule has 0 spiro atoms. The summed E-state index contributed by atoms with van der Waals surface area (Å²) in [6.07, 6.45) is 5.62. The average Bonchev–Trinajstić information content (AvgIpc) is 3.26. The van der Waals surface area contributed by atoms with Gasteiger partial charge in [-0.3, -0.25) is 14.6 Å². The van der Waals surface area contributed by atoms with Gasteiger partial charge >= 0.3 is 0 Å². The van der Waals surface area contributed by atoms with Crippen LogP contribution >= 0.6 is 0 Å². The Morgan fingerprint density at radius 1 is 1.09 bits per heavy atom. The van der Waals surface area contributed by atoms with E-state index in [-0.39, 0.29) is 5.82 Å². The number of aryl methyl sites for hydroxylation is 2. The Bertz CT molecular complexity index is 1280. The van der Waals surface area contributed by atoms with Crippen LogP contribution in [0.3, 0.4) is 0 Å². The summed E-state index contributed by atoms with van der Waals surface area (Å²) in [7, 11) is 4.05. The molecule has 1 aromatic carbocycles. The molecule has 33 heavy (non-hydrogen) atoms. The smallest absolute Gasteiger partial charge is 0.160 e. The molecular formula is C25H28FN7. The van der Waals surface area contributed by atoms with Gasteiger partial charge in [0.15, 0.2) is 5.82 Å². The van der Waals surface area contributed by atoms with Gasteiger partial charge in [-0.15, -0.1) is 10.2 Å². The molecule has 0 N–H and O–H groups in total. The van der Waals surface area contributed by atoms with Crippen LogP contribution in [0.4, 0.5) is 10.2 Å². The zero-order valence-electron chi connectivity index (χ0n) is 19.2. The maximum Gasteiger partial charge on any atom is 0.160 e. The highest BCUT2D eigenvalue weighted by atomic mass is 19.1. The Labute approximate surface area is 192 Å². The fourth-order valence-corrected chi connectivity index (χ4v) is 4.74. The van der Waals surface area contributed by atoms with E-state index in [1.807, 2.05) is 32.2 Å². The third-order valence-corrected chi connectivity index (χ3v) is 6.69. The Morgan fingerprint density at radius 3 is 2.64 bits per heavy atom. The van der Waals surface area contributed by atoms with Crippen molar-refractivity contribution < 1.29 is 4.39 Å². The molecule has 5 rings (SSSR count). The van der Waals surface area contributed by atoms with E-state index >= 15 is 0 Å². The van der Waals surface area contributed by atoms with Crippen molar-refractivity contribution in [3.63, 3.8) is 0 Å². The Balaban J connectivity index is 1.33. The van der Waals surface area contributed by atoms with E-state index in [4.69, 9.17) is 0 Å². The molecule has 0 atom stereocenters. The molecule has 1 saturated heterocycles. The lowest BCUT2D eigenvalue weighted by molar-refractivity contribution is 0.200. The van der Waals surface area contributed by atoms with Gasteiger partial charge in [0, 0.05) is 50.5 Å². The van der Waals surface area contributed by atoms with Gasteiger partial charge in [0.25, 0.3) is 0 Å². The number of nitrogens with zero attached hydrogens (tertiary/aromatic N) is 7. The first-order valence-electron chi connectivity index (χ1n) is 11.3. The van der Waals surface area contributed by atoms with Gasteiger partial charge in [0.05, 0.1) is 5.69 Å². The van der Waals surface area contributed by atoms with E-state index in [9.17, 15) is 4.39 Å². The van der Waals surface area contributed by atoms with Crippen molar-refractivity contribution in [3.05, 3.63) is 65.7 Å². The van der Waals surface area contributed by atoms with Crippen LogP contribution in [0.25, 0.3) is 22.3 Å². The lowest BCUT2D eigenvalue weighted by atomic mass is 10.0.